The summed E-state index contributed by atoms with van der Waals surface area (Å²) in [7, 11) is 0. The fourth-order valence-corrected chi connectivity index (χ4v) is 6.00. The van der Waals surface area contributed by atoms with Gasteiger partial charge in [-0.05, 0) is 37.5 Å². The quantitative estimate of drug-likeness (QED) is 0.498. The SMILES string of the molecule is Cc1cccc(F)c1-n1cc(CN2CCC3(CC2)OCC(F)(F)c2cc(Cl)sc23)cn1. The molecule has 31 heavy (non-hydrogen) atoms. The minimum atomic E-state index is -3.00. The van der Waals surface area contributed by atoms with E-state index in [1.807, 2.05) is 19.2 Å². The molecule has 0 saturated carbocycles. The van der Waals surface area contributed by atoms with E-state index in [0.29, 0.717) is 47.4 Å². The number of hydrogen-bond acceptors (Lipinski definition) is 4. The van der Waals surface area contributed by atoms with Crippen molar-refractivity contribution in [1.82, 2.24) is 14.7 Å². The van der Waals surface area contributed by atoms with Crippen LogP contribution >= 0.6 is 22.9 Å². The molecule has 1 spiro atoms. The summed E-state index contributed by atoms with van der Waals surface area (Å²) in [6.07, 6.45) is 4.82. The predicted octanol–water partition coefficient (Wildman–Crippen LogP) is 5.65. The van der Waals surface area contributed by atoms with Crippen molar-refractivity contribution in [3.05, 3.63) is 68.4 Å². The molecule has 0 N–H and O–H groups in total. The number of aryl methyl sites for hydroxylation is 1. The van der Waals surface area contributed by atoms with Crippen molar-refractivity contribution in [2.75, 3.05) is 19.7 Å². The number of nitrogens with zero attached hydrogens (tertiary/aromatic N) is 3. The van der Waals surface area contributed by atoms with E-state index in [1.165, 1.54) is 23.5 Å². The van der Waals surface area contributed by atoms with Gasteiger partial charge in [-0.25, -0.2) is 9.07 Å². The summed E-state index contributed by atoms with van der Waals surface area (Å²) < 4.78 is 50.5. The van der Waals surface area contributed by atoms with Gasteiger partial charge in [0, 0.05) is 41.8 Å². The Morgan fingerprint density at radius 2 is 2.03 bits per heavy atom. The zero-order chi connectivity index (χ0) is 21.8. The van der Waals surface area contributed by atoms with Crippen LogP contribution in [0.3, 0.4) is 0 Å². The molecular weight excluding hydrogens is 447 g/mol. The van der Waals surface area contributed by atoms with E-state index in [4.69, 9.17) is 16.3 Å². The van der Waals surface area contributed by atoms with Crippen LogP contribution in [-0.4, -0.2) is 34.4 Å². The first-order valence-corrected chi connectivity index (χ1v) is 11.3. The number of halogens is 4. The Morgan fingerprint density at radius 3 is 2.77 bits per heavy atom. The Balaban J connectivity index is 1.30. The number of benzene rings is 1. The standard InChI is InChI=1S/C22H21ClF3N3OS/c1-14-3-2-4-17(24)19(14)29-12-15(10-27-29)11-28-7-5-21(6-8-28)20-16(9-18(23)31-20)22(25,26)13-30-21/h2-4,9-10,12H,5-8,11,13H2,1H3. The van der Waals surface area contributed by atoms with E-state index in [2.05, 4.69) is 10.00 Å². The lowest BCUT2D eigenvalue weighted by Gasteiger charge is -2.45. The van der Waals surface area contributed by atoms with Gasteiger partial charge in [0.1, 0.15) is 23.7 Å². The summed E-state index contributed by atoms with van der Waals surface area (Å²) in [6, 6.07) is 6.34. The van der Waals surface area contributed by atoms with Gasteiger partial charge in [0.05, 0.1) is 10.5 Å². The highest BCUT2D eigenvalue weighted by Gasteiger charge is 2.51. The number of hydrogen-bond donors (Lipinski definition) is 0. The number of alkyl halides is 2. The van der Waals surface area contributed by atoms with Crippen LogP contribution in [0.25, 0.3) is 5.69 Å². The summed E-state index contributed by atoms with van der Waals surface area (Å²) in [5, 5.41) is 4.33. The average Bonchev–Trinajstić information content (AvgIpc) is 3.35. The molecule has 2 aliphatic heterocycles. The number of rotatable bonds is 3. The number of fused-ring (bicyclic) bond motifs is 2. The number of ether oxygens (including phenoxy) is 1. The third-order valence-corrected chi connectivity index (χ3v) is 7.61. The van der Waals surface area contributed by atoms with Crippen LogP contribution in [0.15, 0.2) is 36.7 Å². The second-order valence-electron chi connectivity index (χ2n) is 8.26. The van der Waals surface area contributed by atoms with Crippen LogP contribution < -0.4 is 0 Å². The Bertz CT molecular complexity index is 1100. The molecule has 3 aromatic rings. The smallest absolute Gasteiger partial charge is 0.297 e. The predicted molar refractivity (Wildman–Crippen MR) is 114 cm³/mol. The third-order valence-electron chi connectivity index (χ3n) is 6.16. The molecule has 1 saturated heterocycles. The van der Waals surface area contributed by atoms with Gasteiger partial charge in [-0.2, -0.15) is 13.9 Å². The normalized spacial score (nSPS) is 20.2. The van der Waals surface area contributed by atoms with Gasteiger partial charge >= 0.3 is 0 Å². The number of para-hydroxylation sites is 1. The van der Waals surface area contributed by atoms with Crippen LogP contribution in [-0.2, 0) is 22.8 Å². The van der Waals surface area contributed by atoms with Gasteiger partial charge < -0.3 is 4.74 Å². The van der Waals surface area contributed by atoms with Crippen LogP contribution in [0, 0.1) is 12.7 Å². The Morgan fingerprint density at radius 1 is 1.26 bits per heavy atom. The molecule has 2 aromatic heterocycles. The Hall–Kier alpha value is -1.87. The van der Waals surface area contributed by atoms with E-state index in [-0.39, 0.29) is 11.4 Å². The monoisotopic (exact) mass is 467 g/mol. The van der Waals surface area contributed by atoms with Gasteiger partial charge in [-0.3, -0.25) is 4.90 Å². The maximum atomic E-state index is 14.3. The van der Waals surface area contributed by atoms with Crippen molar-refractivity contribution in [2.45, 2.75) is 37.8 Å². The van der Waals surface area contributed by atoms with Crippen LogP contribution in [0.2, 0.25) is 4.34 Å². The lowest BCUT2D eigenvalue weighted by Crippen LogP contribution is -2.48. The Labute approximate surface area is 187 Å². The van der Waals surface area contributed by atoms with Crippen molar-refractivity contribution in [3.8, 4) is 5.69 Å². The molecule has 0 bridgehead atoms. The van der Waals surface area contributed by atoms with E-state index in [9.17, 15) is 13.2 Å². The van der Waals surface area contributed by atoms with Gasteiger partial charge in [-0.15, -0.1) is 11.3 Å². The van der Waals surface area contributed by atoms with Crippen molar-refractivity contribution in [3.63, 3.8) is 0 Å². The van der Waals surface area contributed by atoms with E-state index < -0.39 is 18.1 Å². The molecule has 9 heteroatoms. The first kappa shape index (κ1) is 21.0. The summed E-state index contributed by atoms with van der Waals surface area (Å²) in [4.78, 5) is 2.81. The van der Waals surface area contributed by atoms with Crippen LogP contribution in [0.4, 0.5) is 13.2 Å². The molecule has 0 radical (unpaired) electrons. The van der Waals surface area contributed by atoms with Crippen molar-refractivity contribution in [2.24, 2.45) is 0 Å². The molecule has 5 rings (SSSR count). The first-order chi connectivity index (χ1) is 14.8. The number of piperidine rings is 1. The first-order valence-electron chi connectivity index (χ1n) is 10.1. The molecule has 4 nitrogen and oxygen atoms in total. The van der Waals surface area contributed by atoms with Crippen LogP contribution in [0.5, 0.6) is 0 Å². The zero-order valence-electron chi connectivity index (χ0n) is 16.9. The number of aromatic nitrogens is 2. The summed E-state index contributed by atoms with van der Waals surface area (Å²) in [5.41, 5.74) is 1.55. The molecule has 4 heterocycles. The van der Waals surface area contributed by atoms with Gasteiger partial charge in [-0.1, -0.05) is 23.7 Å². The maximum absolute atomic E-state index is 14.3. The van der Waals surface area contributed by atoms with Crippen LogP contribution in [0.1, 0.15) is 34.4 Å². The van der Waals surface area contributed by atoms with Gasteiger partial charge in [0.15, 0.2) is 0 Å². The largest absolute Gasteiger partial charge is 0.363 e. The van der Waals surface area contributed by atoms with E-state index in [0.717, 1.165) is 11.1 Å². The average molecular weight is 468 g/mol. The van der Waals surface area contributed by atoms with E-state index in [1.54, 1.807) is 16.9 Å². The number of likely N-dealkylation sites (tertiary alicyclic amines) is 1. The molecule has 1 fully saturated rings. The second-order valence-corrected chi connectivity index (χ2v) is 9.94. The molecule has 0 unspecified atom stereocenters. The molecule has 0 amide bonds. The third kappa shape index (κ3) is 3.69. The summed E-state index contributed by atoms with van der Waals surface area (Å²) in [5.74, 6) is -3.31. The van der Waals surface area contributed by atoms with Crippen molar-refractivity contribution >= 4 is 22.9 Å². The van der Waals surface area contributed by atoms with Gasteiger partial charge in [0.2, 0.25) is 0 Å². The summed E-state index contributed by atoms with van der Waals surface area (Å²) >= 11 is 7.27. The minimum Gasteiger partial charge on any atom is -0.363 e. The van der Waals surface area contributed by atoms with Crippen molar-refractivity contribution < 1.29 is 17.9 Å². The Kier molecular flexibility index (Phi) is 5.16. The second kappa shape index (κ2) is 7.62. The lowest BCUT2D eigenvalue weighted by molar-refractivity contribution is -0.182. The fraction of sp³-hybridized carbons (Fsp3) is 0.409. The minimum absolute atomic E-state index is 0.0173. The highest BCUT2D eigenvalue weighted by atomic mass is 35.5. The molecule has 164 valence electrons. The molecule has 0 aliphatic carbocycles. The number of thiophene rings is 1. The highest BCUT2D eigenvalue weighted by molar-refractivity contribution is 7.16. The fourth-order valence-electron chi connectivity index (χ4n) is 4.52. The van der Waals surface area contributed by atoms with Crippen molar-refractivity contribution in [1.29, 1.82) is 0 Å². The van der Waals surface area contributed by atoms with Gasteiger partial charge in [0.25, 0.3) is 5.92 Å². The molecule has 2 aliphatic rings. The lowest BCUT2D eigenvalue weighted by atomic mass is 9.84. The topological polar surface area (TPSA) is 30.3 Å². The maximum Gasteiger partial charge on any atom is 0.297 e. The van der Waals surface area contributed by atoms with E-state index >= 15 is 0 Å². The molecule has 1 aromatic carbocycles. The zero-order valence-corrected chi connectivity index (χ0v) is 18.4. The molecule has 0 atom stereocenters. The highest BCUT2D eigenvalue weighted by Crippen LogP contribution is 2.52. The summed E-state index contributed by atoms with van der Waals surface area (Å²) in [6.45, 7) is 3.29. The molecular formula is C22H21ClF3N3OS.